The number of urea groups is 1. The molecule has 0 radical (unpaired) electrons. The lowest BCUT2D eigenvalue weighted by molar-refractivity contribution is 0.262. The van der Waals surface area contributed by atoms with Gasteiger partial charge in [-0.05, 0) is 54.8 Å². The number of unbranched alkanes of at least 4 members (excludes halogenated alkanes) is 1. The van der Waals surface area contributed by atoms with Gasteiger partial charge in [0.25, 0.3) is 0 Å². The molecule has 0 aliphatic carbocycles. The van der Waals surface area contributed by atoms with Crippen LogP contribution in [0.5, 0.6) is 0 Å². The molecule has 0 aliphatic heterocycles. The molecule has 0 heterocycles. The number of amides is 2. The maximum absolute atomic E-state index is 12.0. The molecule has 0 saturated heterocycles. The third kappa shape index (κ3) is 5.92. The Kier molecular flexibility index (Phi) is 6.62. The summed E-state index contributed by atoms with van der Waals surface area (Å²) < 4.78 is 23.4. The van der Waals surface area contributed by atoms with Crippen LogP contribution in [0, 0.1) is 0 Å². The highest BCUT2D eigenvalue weighted by atomic mass is 32.2. The molecule has 2 rings (SSSR count). The molecular weight excluding hydrogens is 326 g/mol. The third-order valence-corrected chi connectivity index (χ3v) is 3.83. The highest BCUT2D eigenvalue weighted by Crippen LogP contribution is 2.15. The van der Waals surface area contributed by atoms with Gasteiger partial charge < -0.3 is 10.6 Å². The molecule has 7 heteroatoms. The first kappa shape index (κ1) is 17.8. The fourth-order valence-corrected chi connectivity index (χ4v) is 2.52. The Bertz CT molecular complexity index is 733. The summed E-state index contributed by atoms with van der Waals surface area (Å²) in [6.45, 7) is 2.16. The second-order valence-corrected chi connectivity index (χ2v) is 6.06. The zero-order chi connectivity index (χ0) is 17.4. The first-order valence-electron chi connectivity index (χ1n) is 7.75. The predicted octanol–water partition coefficient (Wildman–Crippen LogP) is 3.61. The van der Waals surface area contributed by atoms with Crippen LogP contribution >= 0.6 is 0 Å². The molecule has 128 valence electrons. The SMILES string of the molecule is CCCCc1ccc(NC(=O)Nc2ccc(N[SH](=O)=O)cc2)cc1. The van der Waals surface area contributed by atoms with E-state index in [0.717, 1.165) is 24.9 Å². The second-order valence-electron chi connectivity index (χ2n) is 5.33. The van der Waals surface area contributed by atoms with Crippen molar-refractivity contribution in [2.24, 2.45) is 0 Å². The van der Waals surface area contributed by atoms with Crippen molar-refractivity contribution in [3.63, 3.8) is 0 Å². The van der Waals surface area contributed by atoms with Gasteiger partial charge in [0.1, 0.15) is 0 Å². The lowest BCUT2D eigenvalue weighted by atomic mass is 10.1. The van der Waals surface area contributed by atoms with Crippen LogP contribution in [0.2, 0.25) is 0 Å². The zero-order valence-corrected chi connectivity index (χ0v) is 14.3. The summed E-state index contributed by atoms with van der Waals surface area (Å²) in [4.78, 5) is 12.0. The number of aryl methyl sites for hydroxylation is 1. The molecule has 0 aromatic heterocycles. The van der Waals surface area contributed by atoms with E-state index < -0.39 is 10.9 Å². The Balaban J connectivity index is 1.88. The topological polar surface area (TPSA) is 87.3 Å². The molecule has 24 heavy (non-hydrogen) atoms. The largest absolute Gasteiger partial charge is 0.323 e. The van der Waals surface area contributed by atoms with Gasteiger partial charge >= 0.3 is 6.03 Å². The number of hydrogen-bond donors (Lipinski definition) is 4. The number of benzene rings is 2. The van der Waals surface area contributed by atoms with E-state index in [0.29, 0.717) is 11.4 Å². The van der Waals surface area contributed by atoms with Crippen LogP contribution in [0.25, 0.3) is 0 Å². The molecule has 0 fully saturated rings. The minimum atomic E-state index is -2.69. The van der Waals surface area contributed by atoms with Crippen LogP contribution in [0.4, 0.5) is 21.9 Å². The molecule has 0 saturated carbocycles. The Hall–Kier alpha value is -2.54. The molecule has 2 amide bonds. The number of thiol groups is 1. The van der Waals surface area contributed by atoms with Crippen LogP contribution in [0.15, 0.2) is 48.5 Å². The van der Waals surface area contributed by atoms with Crippen molar-refractivity contribution in [1.82, 2.24) is 0 Å². The fraction of sp³-hybridized carbons (Fsp3) is 0.235. The third-order valence-electron chi connectivity index (χ3n) is 3.39. The highest BCUT2D eigenvalue weighted by Gasteiger charge is 2.03. The van der Waals surface area contributed by atoms with Crippen molar-refractivity contribution < 1.29 is 13.2 Å². The number of rotatable bonds is 7. The van der Waals surface area contributed by atoms with Crippen LogP contribution in [-0.2, 0) is 17.3 Å². The average Bonchev–Trinajstić information content (AvgIpc) is 2.55. The zero-order valence-electron chi connectivity index (χ0n) is 13.4. The summed E-state index contributed by atoms with van der Waals surface area (Å²) >= 11 is 0. The monoisotopic (exact) mass is 347 g/mol. The fourth-order valence-electron chi connectivity index (χ4n) is 2.16. The molecule has 2 aromatic carbocycles. The summed E-state index contributed by atoms with van der Waals surface area (Å²) in [5.74, 6) is 0. The quantitative estimate of drug-likeness (QED) is 0.577. The standard InChI is InChI=1S/C17H21N3O3S/c1-2-3-4-13-5-7-14(8-6-13)18-17(21)19-15-9-11-16(12-10-15)20-24(22)23/h5-12,24H,2-4H2,1H3,(H2,18,19,21)(H,20,22,23). The first-order valence-corrected chi connectivity index (χ1v) is 8.92. The smallest absolute Gasteiger partial charge is 0.308 e. The van der Waals surface area contributed by atoms with E-state index in [4.69, 9.17) is 0 Å². The summed E-state index contributed by atoms with van der Waals surface area (Å²) in [6, 6.07) is 13.8. The molecule has 0 atom stereocenters. The highest BCUT2D eigenvalue weighted by molar-refractivity contribution is 7.73. The molecule has 0 aliphatic rings. The number of carbonyl (C=O) groups excluding carboxylic acids is 1. The lowest BCUT2D eigenvalue weighted by Gasteiger charge is -2.09. The van der Waals surface area contributed by atoms with Crippen LogP contribution in [-0.4, -0.2) is 14.4 Å². The Labute approximate surface area is 143 Å². The predicted molar refractivity (Wildman–Crippen MR) is 98.1 cm³/mol. The van der Waals surface area contributed by atoms with Gasteiger partial charge in [-0.15, -0.1) is 0 Å². The number of nitrogens with one attached hydrogen (secondary N) is 3. The van der Waals surface area contributed by atoms with Crippen LogP contribution in [0.1, 0.15) is 25.3 Å². The van der Waals surface area contributed by atoms with Gasteiger partial charge in [0.15, 0.2) is 0 Å². The van der Waals surface area contributed by atoms with Crippen molar-refractivity contribution in [3.05, 3.63) is 54.1 Å². The van der Waals surface area contributed by atoms with Gasteiger partial charge in [0.05, 0.1) is 0 Å². The number of carbonyl (C=O) groups is 1. The van der Waals surface area contributed by atoms with E-state index in [-0.39, 0.29) is 6.03 Å². The van der Waals surface area contributed by atoms with Gasteiger partial charge in [0, 0.05) is 17.1 Å². The van der Waals surface area contributed by atoms with E-state index in [1.54, 1.807) is 24.3 Å². The van der Waals surface area contributed by atoms with Gasteiger partial charge in [-0.2, -0.15) is 0 Å². The Morgan fingerprint density at radius 2 is 1.38 bits per heavy atom. The normalized spacial score (nSPS) is 10.4. The molecule has 0 bridgehead atoms. The first-order chi connectivity index (χ1) is 11.6. The van der Waals surface area contributed by atoms with E-state index in [2.05, 4.69) is 22.3 Å². The van der Waals surface area contributed by atoms with Crippen molar-refractivity contribution in [2.45, 2.75) is 26.2 Å². The number of hydrogen-bond acceptors (Lipinski definition) is 3. The number of anilines is 3. The molecule has 0 unspecified atom stereocenters. The van der Waals surface area contributed by atoms with E-state index in [1.165, 1.54) is 5.56 Å². The molecule has 2 aromatic rings. The molecule has 6 nitrogen and oxygen atoms in total. The van der Waals surface area contributed by atoms with Crippen molar-refractivity contribution in [2.75, 3.05) is 15.4 Å². The Morgan fingerprint density at radius 1 is 0.875 bits per heavy atom. The van der Waals surface area contributed by atoms with Crippen LogP contribution < -0.4 is 15.4 Å². The van der Waals surface area contributed by atoms with Gasteiger partial charge in [-0.3, -0.25) is 4.72 Å². The molecular formula is C17H21N3O3S. The maximum atomic E-state index is 12.0. The average molecular weight is 347 g/mol. The molecule has 3 N–H and O–H groups in total. The summed E-state index contributed by atoms with van der Waals surface area (Å²) in [5.41, 5.74) is 2.98. The maximum Gasteiger partial charge on any atom is 0.323 e. The van der Waals surface area contributed by atoms with E-state index in [9.17, 15) is 13.2 Å². The second kappa shape index (κ2) is 8.93. The van der Waals surface area contributed by atoms with Crippen molar-refractivity contribution in [1.29, 1.82) is 0 Å². The van der Waals surface area contributed by atoms with Gasteiger partial charge in [0.2, 0.25) is 10.9 Å². The molecule has 0 spiro atoms. The van der Waals surface area contributed by atoms with Gasteiger partial charge in [-0.1, -0.05) is 25.5 Å². The van der Waals surface area contributed by atoms with Crippen molar-refractivity contribution >= 4 is 34.0 Å². The summed E-state index contributed by atoms with van der Waals surface area (Å²) in [6.07, 6.45) is 3.35. The summed E-state index contributed by atoms with van der Waals surface area (Å²) in [5, 5.41) is 5.45. The van der Waals surface area contributed by atoms with Crippen molar-refractivity contribution in [3.8, 4) is 0 Å². The summed E-state index contributed by atoms with van der Waals surface area (Å²) in [7, 11) is -2.69. The van der Waals surface area contributed by atoms with E-state index >= 15 is 0 Å². The van der Waals surface area contributed by atoms with Gasteiger partial charge in [-0.25, -0.2) is 13.2 Å². The minimum absolute atomic E-state index is 0.355. The van der Waals surface area contributed by atoms with E-state index in [1.807, 2.05) is 24.3 Å². The minimum Gasteiger partial charge on any atom is -0.308 e. The lowest BCUT2D eigenvalue weighted by Crippen LogP contribution is -2.19. The van der Waals surface area contributed by atoms with Crippen LogP contribution in [0.3, 0.4) is 0 Å². The Morgan fingerprint density at radius 3 is 1.88 bits per heavy atom.